The second-order valence-electron chi connectivity index (χ2n) is 6.48. The van der Waals surface area contributed by atoms with Gasteiger partial charge in [0.25, 0.3) is 0 Å². The van der Waals surface area contributed by atoms with Gasteiger partial charge in [-0.3, -0.25) is 9.59 Å². The molecular formula is C18H26N2O2. The normalized spacial score (nSPS) is 15.9. The largest absolute Gasteiger partial charge is 0.353 e. The molecule has 4 nitrogen and oxygen atoms in total. The molecular weight excluding hydrogens is 276 g/mol. The van der Waals surface area contributed by atoms with E-state index in [1.165, 1.54) is 0 Å². The van der Waals surface area contributed by atoms with E-state index in [9.17, 15) is 9.59 Å². The van der Waals surface area contributed by atoms with Gasteiger partial charge in [-0.25, -0.2) is 0 Å². The topological polar surface area (TPSA) is 49.4 Å². The van der Waals surface area contributed by atoms with Crippen LogP contribution in [0.25, 0.3) is 0 Å². The minimum atomic E-state index is 0.0677. The Balaban J connectivity index is 1.73. The lowest BCUT2D eigenvalue weighted by molar-refractivity contribution is -0.133. The molecule has 0 unspecified atom stereocenters. The molecule has 1 saturated heterocycles. The molecule has 1 heterocycles. The molecule has 1 aliphatic rings. The van der Waals surface area contributed by atoms with Gasteiger partial charge < -0.3 is 10.2 Å². The summed E-state index contributed by atoms with van der Waals surface area (Å²) in [4.78, 5) is 26.0. The monoisotopic (exact) mass is 302 g/mol. The molecule has 22 heavy (non-hydrogen) atoms. The molecule has 0 bridgehead atoms. The van der Waals surface area contributed by atoms with E-state index in [1.807, 2.05) is 35.2 Å². The van der Waals surface area contributed by atoms with Gasteiger partial charge in [0, 0.05) is 25.6 Å². The van der Waals surface area contributed by atoms with E-state index in [0.717, 1.165) is 31.5 Å². The average molecular weight is 302 g/mol. The zero-order chi connectivity index (χ0) is 15.9. The van der Waals surface area contributed by atoms with Gasteiger partial charge in [0.1, 0.15) is 0 Å². The Morgan fingerprint density at radius 1 is 1.18 bits per heavy atom. The number of likely N-dealkylation sites (tertiary alicyclic amines) is 1. The maximum absolute atomic E-state index is 12.0. The van der Waals surface area contributed by atoms with Crippen molar-refractivity contribution >= 4 is 11.8 Å². The molecule has 4 heteroatoms. The highest BCUT2D eigenvalue weighted by Gasteiger charge is 2.23. The molecule has 1 aromatic rings. The number of hydrogen-bond acceptors (Lipinski definition) is 2. The van der Waals surface area contributed by atoms with Crippen molar-refractivity contribution in [3.63, 3.8) is 0 Å². The van der Waals surface area contributed by atoms with Crippen LogP contribution in [-0.2, 0) is 16.0 Å². The molecule has 1 fully saturated rings. The molecule has 120 valence electrons. The van der Waals surface area contributed by atoms with Crippen LogP contribution in [0, 0.1) is 5.92 Å². The summed E-state index contributed by atoms with van der Waals surface area (Å²) in [5.74, 6) is 0.706. The van der Waals surface area contributed by atoms with Crippen LogP contribution in [0.4, 0.5) is 0 Å². The molecule has 1 N–H and O–H groups in total. The van der Waals surface area contributed by atoms with Gasteiger partial charge in [-0.1, -0.05) is 44.2 Å². The van der Waals surface area contributed by atoms with Crippen LogP contribution in [0.2, 0.25) is 0 Å². The fourth-order valence-corrected chi connectivity index (χ4v) is 2.81. The van der Waals surface area contributed by atoms with Gasteiger partial charge in [-0.05, 0) is 24.3 Å². The van der Waals surface area contributed by atoms with E-state index in [2.05, 4.69) is 19.2 Å². The van der Waals surface area contributed by atoms with Crippen LogP contribution in [0.1, 0.15) is 38.7 Å². The molecule has 0 saturated carbocycles. The van der Waals surface area contributed by atoms with Crippen molar-refractivity contribution in [3.05, 3.63) is 35.9 Å². The standard InChI is InChI=1S/C18H26N2O2/c1-14(2)12-18(22)20-10-8-16(9-11-20)19-17(21)13-15-6-4-3-5-7-15/h3-7,14,16H,8-13H2,1-2H3,(H,19,21). The summed E-state index contributed by atoms with van der Waals surface area (Å²) in [6, 6.07) is 9.97. The van der Waals surface area contributed by atoms with Gasteiger partial charge in [0.05, 0.1) is 6.42 Å². The Hall–Kier alpha value is -1.84. The summed E-state index contributed by atoms with van der Waals surface area (Å²) < 4.78 is 0. The third-order valence-electron chi connectivity index (χ3n) is 4.00. The summed E-state index contributed by atoms with van der Waals surface area (Å²) in [7, 11) is 0. The van der Waals surface area contributed by atoms with Gasteiger partial charge in [-0.15, -0.1) is 0 Å². The van der Waals surface area contributed by atoms with E-state index < -0.39 is 0 Å². The summed E-state index contributed by atoms with van der Waals surface area (Å²) in [6.07, 6.45) is 2.74. The lowest BCUT2D eigenvalue weighted by Crippen LogP contribution is -2.47. The zero-order valence-corrected chi connectivity index (χ0v) is 13.5. The second kappa shape index (κ2) is 7.97. The number of piperidine rings is 1. The smallest absolute Gasteiger partial charge is 0.224 e. The van der Waals surface area contributed by atoms with Crippen LogP contribution in [0.3, 0.4) is 0 Å². The molecule has 0 atom stereocenters. The number of hydrogen-bond donors (Lipinski definition) is 1. The third kappa shape index (κ3) is 5.17. The highest BCUT2D eigenvalue weighted by Crippen LogP contribution is 2.14. The number of carbonyl (C=O) groups is 2. The van der Waals surface area contributed by atoms with Crippen molar-refractivity contribution < 1.29 is 9.59 Å². The molecule has 1 aromatic carbocycles. The van der Waals surface area contributed by atoms with Gasteiger partial charge in [0.15, 0.2) is 0 Å². The lowest BCUT2D eigenvalue weighted by atomic mass is 10.0. The highest BCUT2D eigenvalue weighted by molar-refractivity contribution is 5.79. The van der Waals surface area contributed by atoms with Crippen LogP contribution in [-0.4, -0.2) is 35.8 Å². The van der Waals surface area contributed by atoms with Crippen LogP contribution in [0.15, 0.2) is 30.3 Å². The van der Waals surface area contributed by atoms with Crippen molar-refractivity contribution in [3.8, 4) is 0 Å². The molecule has 2 rings (SSSR count). The van der Waals surface area contributed by atoms with Gasteiger partial charge in [0.2, 0.25) is 11.8 Å². The Kier molecular flexibility index (Phi) is 5.99. The molecule has 1 aliphatic heterocycles. The fourth-order valence-electron chi connectivity index (χ4n) is 2.81. The second-order valence-corrected chi connectivity index (χ2v) is 6.48. The van der Waals surface area contributed by atoms with Crippen molar-refractivity contribution in [2.75, 3.05) is 13.1 Å². The first-order valence-corrected chi connectivity index (χ1v) is 8.15. The van der Waals surface area contributed by atoms with Crippen LogP contribution < -0.4 is 5.32 Å². The van der Waals surface area contributed by atoms with E-state index in [0.29, 0.717) is 18.8 Å². The Morgan fingerprint density at radius 3 is 2.41 bits per heavy atom. The molecule has 0 aromatic heterocycles. The number of benzene rings is 1. The summed E-state index contributed by atoms with van der Waals surface area (Å²) >= 11 is 0. The molecule has 0 aliphatic carbocycles. The third-order valence-corrected chi connectivity index (χ3v) is 4.00. The van der Waals surface area contributed by atoms with Crippen molar-refractivity contribution in [1.29, 1.82) is 0 Å². The first-order valence-electron chi connectivity index (χ1n) is 8.15. The predicted octanol–water partition coefficient (Wildman–Crippen LogP) is 2.38. The Labute approximate surface area is 132 Å². The Morgan fingerprint density at radius 2 is 1.82 bits per heavy atom. The number of amides is 2. The van der Waals surface area contributed by atoms with Gasteiger partial charge >= 0.3 is 0 Å². The lowest BCUT2D eigenvalue weighted by Gasteiger charge is -2.33. The van der Waals surface area contributed by atoms with Crippen molar-refractivity contribution in [1.82, 2.24) is 10.2 Å². The maximum Gasteiger partial charge on any atom is 0.224 e. The van der Waals surface area contributed by atoms with E-state index in [1.54, 1.807) is 0 Å². The van der Waals surface area contributed by atoms with E-state index >= 15 is 0 Å². The van der Waals surface area contributed by atoms with Crippen LogP contribution >= 0.6 is 0 Å². The first kappa shape index (κ1) is 16.5. The molecule has 0 radical (unpaired) electrons. The quantitative estimate of drug-likeness (QED) is 0.908. The van der Waals surface area contributed by atoms with E-state index in [4.69, 9.17) is 0 Å². The van der Waals surface area contributed by atoms with Crippen molar-refractivity contribution in [2.24, 2.45) is 5.92 Å². The number of nitrogens with one attached hydrogen (secondary N) is 1. The summed E-state index contributed by atoms with van der Waals surface area (Å²) in [5, 5.41) is 3.09. The molecule has 0 spiro atoms. The minimum Gasteiger partial charge on any atom is -0.353 e. The minimum absolute atomic E-state index is 0.0677. The van der Waals surface area contributed by atoms with Crippen LogP contribution in [0.5, 0.6) is 0 Å². The zero-order valence-electron chi connectivity index (χ0n) is 13.5. The maximum atomic E-state index is 12.0. The first-order chi connectivity index (χ1) is 10.5. The van der Waals surface area contributed by atoms with Crippen molar-refractivity contribution in [2.45, 2.75) is 45.6 Å². The SMILES string of the molecule is CC(C)CC(=O)N1CCC(NC(=O)Cc2ccccc2)CC1. The molecule has 2 amide bonds. The summed E-state index contributed by atoms with van der Waals surface area (Å²) in [6.45, 7) is 5.63. The number of carbonyl (C=O) groups excluding carboxylic acids is 2. The van der Waals surface area contributed by atoms with Gasteiger partial charge in [-0.2, -0.15) is 0 Å². The fraction of sp³-hybridized carbons (Fsp3) is 0.556. The Bertz CT molecular complexity index is 491. The summed E-state index contributed by atoms with van der Waals surface area (Å²) in [5.41, 5.74) is 1.03. The average Bonchev–Trinajstić information content (AvgIpc) is 2.48. The van der Waals surface area contributed by atoms with E-state index in [-0.39, 0.29) is 17.9 Å². The predicted molar refractivity (Wildman–Crippen MR) is 87.3 cm³/mol. The number of rotatable bonds is 5. The highest BCUT2D eigenvalue weighted by atomic mass is 16.2. The number of nitrogens with zero attached hydrogens (tertiary/aromatic N) is 1.